The van der Waals surface area contributed by atoms with Gasteiger partial charge in [-0.3, -0.25) is 4.79 Å². The number of amides is 1. The lowest BCUT2D eigenvalue weighted by Gasteiger charge is -2.14. The van der Waals surface area contributed by atoms with Crippen LogP contribution in [-0.4, -0.2) is 23.5 Å². The van der Waals surface area contributed by atoms with Crippen LogP contribution < -0.4 is 10.6 Å². The van der Waals surface area contributed by atoms with E-state index in [0.29, 0.717) is 6.54 Å². The Morgan fingerprint density at radius 3 is 2.76 bits per heavy atom. The van der Waals surface area contributed by atoms with Gasteiger partial charge in [0, 0.05) is 18.8 Å². The number of rotatable bonds is 9. The summed E-state index contributed by atoms with van der Waals surface area (Å²) in [7, 11) is 0. The molecule has 1 rings (SSSR count). The average molecular weight is 295 g/mol. The number of nitrogens with zero attached hydrogens (tertiary/aromatic N) is 1. The van der Waals surface area contributed by atoms with Crippen molar-refractivity contribution in [2.45, 2.75) is 58.9 Å². The molecule has 0 radical (unpaired) electrons. The van der Waals surface area contributed by atoms with Crippen LogP contribution in [0.2, 0.25) is 0 Å². The Balaban J connectivity index is 2.57. The fourth-order valence-corrected chi connectivity index (χ4v) is 2.16. The molecule has 5 heteroatoms. The second-order valence-electron chi connectivity index (χ2n) is 5.28. The molecule has 118 valence electrons. The first-order chi connectivity index (χ1) is 10.1. The van der Waals surface area contributed by atoms with Crippen LogP contribution in [0, 0.1) is 5.82 Å². The minimum absolute atomic E-state index is 0.0429. The smallest absolute Gasteiger partial charge is 0.254 e. The zero-order valence-corrected chi connectivity index (χ0v) is 13.2. The number of nitrogens with one attached hydrogen (secondary N) is 2. The van der Waals surface area contributed by atoms with E-state index in [2.05, 4.69) is 22.5 Å². The van der Waals surface area contributed by atoms with Crippen LogP contribution in [-0.2, 0) is 0 Å². The summed E-state index contributed by atoms with van der Waals surface area (Å²) >= 11 is 0. The van der Waals surface area contributed by atoms with Gasteiger partial charge < -0.3 is 10.6 Å². The average Bonchev–Trinajstić information content (AvgIpc) is 2.46. The summed E-state index contributed by atoms with van der Waals surface area (Å²) < 4.78 is 14.1. The van der Waals surface area contributed by atoms with Gasteiger partial charge in [0.1, 0.15) is 0 Å². The van der Waals surface area contributed by atoms with E-state index in [1.807, 2.05) is 13.8 Å². The van der Waals surface area contributed by atoms with E-state index in [9.17, 15) is 9.18 Å². The van der Waals surface area contributed by atoms with Crippen LogP contribution in [0.25, 0.3) is 0 Å². The fourth-order valence-electron chi connectivity index (χ4n) is 2.16. The van der Waals surface area contributed by atoms with Crippen molar-refractivity contribution in [3.05, 3.63) is 23.6 Å². The predicted octanol–water partition coefficient (Wildman–Crippen LogP) is 3.74. The molecule has 0 saturated carbocycles. The normalized spacial score (nSPS) is 12.0. The number of carbonyl (C=O) groups is 1. The molecule has 1 aromatic rings. The molecule has 0 aliphatic heterocycles. The van der Waals surface area contributed by atoms with Crippen molar-refractivity contribution < 1.29 is 9.18 Å². The lowest BCUT2D eigenvalue weighted by Crippen LogP contribution is -2.33. The van der Waals surface area contributed by atoms with Crippen molar-refractivity contribution >= 4 is 11.7 Å². The van der Waals surface area contributed by atoms with Crippen molar-refractivity contribution in [3.63, 3.8) is 0 Å². The fraction of sp³-hybridized carbons (Fsp3) is 0.625. The van der Waals surface area contributed by atoms with Gasteiger partial charge in [-0.1, -0.05) is 32.6 Å². The second-order valence-corrected chi connectivity index (χ2v) is 5.28. The highest BCUT2D eigenvalue weighted by Crippen LogP contribution is 2.15. The maximum absolute atomic E-state index is 14.1. The van der Waals surface area contributed by atoms with Gasteiger partial charge in [-0.15, -0.1) is 0 Å². The standard InChI is InChI=1S/C16H26FN3O/c1-4-6-7-8-9-12(3)20-16(21)13-10-11-19-15(14(13)17)18-5-2/h10-12H,4-9H2,1-3H3,(H,18,19)(H,20,21). The van der Waals surface area contributed by atoms with E-state index in [0.717, 1.165) is 12.8 Å². The van der Waals surface area contributed by atoms with Gasteiger partial charge in [0.15, 0.2) is 11.6 Å². The summed E-state index contributed by atoms with van der Waals surface area (Å²) in [6, 6.07) is 1.46. The maximum atomic E-state index is 14.1. The number of unbranched alkanes of at least 4 members (excludes halogenated alkanes) is 3. The highest BCUT2D eigenvalue weighted by Gasteiger charge is 2.17. The van der Waals surface area contributed by atoms with Gasteiger partial charge in [0.05, 0.1) is 5.56 Å². The first-order valence-corrected chi connectivity index (χ1v) is 7.79. The SMILES string of the molecule is CCCCCCC(C)NC(=O)c1ccnc(NCC)c1F. The third kappa shape index (κ3) is 5.69. The summed E-state index contributed by atoms with van der Waals surface area (Å²) in [5, 5.41) is 5.66. The first kappa shape index (κ1) is 17.4. The topological polar surface area (TPSA) is 54.0 Å². The second kappa shape index (κ2) is 9.32. The van der Waals surface area contributed by atoms with Crippen LogP contribution in [0.5, 0.6) is 0 Å². The number of hydrogen-bond donors (Lipinski definition) is 2. The number of carbonyl (C=O) groups excluding carboxylic acids is 1. The summed E-state index contributed by atoms with van der Waals surface area (Å²) in [5.41, 5.74) is 0.0429. The maximum Gasteiger partial charge on any atom is 0.254 e. The van der Waals surface area contributed by atoms with Crippen molar-refractivity contribution in [2.75, 3.05) is 11.9 Å². The van der Waals surface area contributed by atoms with Crippen LogP contribution >= 0.6 is 0 Å². The van der Waals surface area contributed by atoms with Gasteiger partial charge in [-0.2, -0.15) is 0 Å². The molecule has 0 aliphatic rings. The number of anilines is 1. The molecule has 0 aromatic carbocycles. The largest absolute Gasteiger partial charge is 0.368 e. The molecule has 0 bridgehead atoms. The minimum Gasteiger partial charge on any atom is -0.368 e. The van der Waals surface area contributed by atoms with Crippen LogP contribution in [0.15, 0.2) is 12.3 Å². The Morgan fingerprint density at radius 1 is 1.33 bits per heavy atom. The summed E-state index contributed by atoms with van der Waals surface area (Å²) in [6.07, 6.45) is 7.02. The van der Waals surface area contributed by atoms with Crippen LogP contribution in [0.1, 0.15) is 63.2 Å². The van der Waals surface area contributed by atoms with E-state index >= 15 is 0 Å². The molecule has 1 unspecified atom stereocenters. The molecule has 0 spiro atoms. The number of hydrogen-bond acceptors (Lipinski definition) is 3. The van der Waals surface area contributed by atoms with E-state index in [4.69, 9.17) is 0 Å². The Labute approximate surface area is 126 Å². The van der Waals surface area contributed by atoms with E-state index < -0.39 is 5.82 Å². The minimum atomic E-state index is -0.588. The summed E-state index contributed by atoms with van der Waals surface area (Å²) in [5.74, 6) is -0.840. The Bertz CT molecular complexity index is 451. The molecule has 0 fully saturated rings. The van der Waals surface area contributed by atoms with Crippen molar-refractivity contribution in [1.82, 2.24) is 10.3 Å². The first-order valence-electron chi connectivity index (χ1n) is 7.79. The molecule has 0 aliphatic carbocycles. The van der Waals surface area contributed by atoms with E-state index in [1.165, 1.54) is 31.5 Å². The zero-order valence-electron chi connectivity index (χ0n) is 13.2. The molecule has 2 N–H and O–H groups in total. The van der Waals surface area contributed by atoms with Crippen LogP contribution in [0.4, 0.5) is 10.2 Å². The number of aromatic nitrogens is 1. The Kier molecular flexibility index (Phi) is 7.72. The molecule has 1 atom stereocenters. The van der Waals surface area contributed by atoms with Gasteiger partial charge in [0.2, 0.25) is 0 Å². The molecular formula is C16H26FN3O. The quantitative estimate of drug-likeness (QED) is 0.682. The molecule has 1 aromatic heterocycles. The highest BCUT2D eigenvalue weighted by molar-refractivity contribution is 5.95. The summed E-state index contributed by atoms with van der Waals surface area (Å²) in [4.78, 5) is 16.0. The molecular weight excluding hydrogens is 269 g/mol. The number of pyridine rings is 1. The van der Waals surface area contributed by atoms with Crippen molar-refractivity contribution in [1.29, 1.82) is 0 Å². The monoisotopic (exact) mass is 295 g/mol. The lowest BCUT2D eigenvalue weighted by molar-refractivity contribution is 0.0933. The van der Waals surface area contributed by atoms with Gasteiger partial charge in [0.25, 0.3) is 5.91 Å². The molecule has 0 saturated heterocycles. The predicted molar refractivity (Wildman–Crippen MR) is 84.0 cm³/mol. The third-order valence-electron chi connectivity index (χ3n) is 3.35. The molecule has 1 amide bonds. The third-order valence-corrected chi connectivity index (χ3v) is 3.35. The number of halogens is 1. The zero-order chi connectivity index (χ0) is 15.7. The van der Waals surface area contributed by atoms with Gasteiger partial charge in [-0.25, -0.2) is 9.37 Å². The lowest BCUT2D eigenvalue weighted by atomic mass is 10.1. The molecule has 21 heavy (non-hydrogen) atoms. The Hall–Kier alpha value is -1.65. The van der Waals surface area contributed by atoms with E-state index in [1.54, 1.807) is 0 Å². The van der Waals surface area contributed by atoms with Crippen LogP contribution in [0.3, 0.4) is 0 Å². The highest BCUT2D eigenvalue weighted by atomic mass is 19.1. The van der Waals surface area contributed by atoms with Crippen molar-refractivity contribution in [3.8, 4) is 0 Å². The Morgan fingerprint density at radius 2 is 2.10 bits per heavy atom. The summed E-state index contributed by atoms with van der Waals surface area (Å²) in [6.45, 7) is 6.53. The van der Waals surface area contributed by atoms with Crippen molar-refractivity contribution in [2.24, 2.45) is 0 Å². The van der Waals surface area contributed by atoms with E-state index in [-0.39, 0.29) is 23.3 Å². The molecule has 1 heterocycles. The van der Waals surface area contributed by atoms with Gasteiger partial charge >= 0.3 is 0 Å². The van der Waals surface area contributed by atoms with Gasteiger partial charge in [-0.05, 0) is 26.3 Å². The molecule has 4 nitrogen and oxygen atoms in total.